The van der Waals surface area contributed by atoms with E-state index in [9.17, 15) is 0 Å². The first-order chi connectivity index (χ1) is 17.0. The minimum absolute atomic E-state index is 0.301. The molecule has 0 saturated heterocycles. The lowest BCUT2D eigenvalue weighted by Crippen LogP contribution is -2.34. The molecule has 0 aliphatic heterocycles. The van der Waals surface area contributed by atoms with E-state index in [1.807, 2.05) is 60.7 Å². The van der Waals surface area contributed by atoms with Crippen LogP contribution in [-0.2, 0) is 13.1 Å². The molecule has 0 unspecified atom stereocenters. The molecule has 0 amide bonds. The maximum Gasteiger partial charge on any atom is 0.248 e. The van der Waals surface area contributed by atoms with Crippen molar-refractivity contribution in [3.63, 3.8) is 0 Å². The molecule has 12 heteroatoms. The number of nitrogens with one attached hydrogen (secondary N) is 5. The quantitative estimate of drug-likeness (QED) is 0.125. The second-order valence-corrected chi connectivity index (χ2v) is 9.45. The van der Waals surface area contributed by atoms with Crippen LogP contribution in [0.1, 0.15) is 11.1 Å². The number of hydrazine groups is 1. The van der Waals surface area contributed by atoms with Crippen LogP contribution in [0.2, 0.25) is 0 Å². The van der Waals surface area contributed by atoms with Gasteiger partial charge in [0.05, 0.1) is 0 Å². The molecule has 4 rings (SSSR count). The number of aromatic nitrogens is 4. The van der Waals surface area contributed by atoms with Crippen LogP contribution < -0.4 is 26.8 Å². The Hall–Kier alpha value is -3.35. The maximum atomic E-state index is 5.34. The Morgan fingerprint density at radius 3 is 1.69 bits per heavy atom. The summed E-state index contributed by atoms with van der Waals surface area (Å²) in [6, 6.07) is 19.7. The lowest BCUT2D eigenvalue weighted by molar-refractivity contribution is 0.954. The van der Waals surface area contributed by atoms with Gasteiger partial charge in [0.1, 0.15) is 0 Å². The predicted molar refractivity (Wildman–Crippen MR) is 150 cm³/mol. The van der Waals surface area contributed by atoms with E-state index in [0.717, 1.165) is 25.8 Å². The first kappa shape index (κ1) is 24.8. The van der Waals surface area contributed by atoms with Gasteiger partial charge in [-0.05, 0) is 59.7 Å². The van der Waals surface area contributed by atoms with Crippen molar-refractivity contribution < 1.29 is 0 Å². The fourth-order valence-electron chi connectivity index (χ4n) is 2.87. The van der Waals surface area contributed by atoms with Crippen LogP contribution in [0.4, 0.5) is 23.5 Å². The average Bonchev–Trinajstić information content (AvgIpc) is 2.87. The van der Waals surface area contributed by atoms with E-state index in [2.05, 4.69) is 78.6 Å². The van der Waals surface area contributed by atoms with E-state index in [-0.39, 0.29) is 0 Å². The highest BCUT2D eigenvalue weighted by atomic mass is 79.9. The van der Waals surface area contributed by atoms with Crippen LogP contribution in [0, 0.1) is 0 Å². The Labute approximate surface area is 224 Å². The molecule has 0 fully saturated rings. The average molecular weight is 615 g/mol. The molecule has 2 aromatic heterocycles. The zero-order valence-corrected chi connectivity index (χ0v) is 22.3. The summed E-state index contributed by atoms with van der Waals surface area (Å²) in [6.07, 6.45) is 3.36. The van der Waals surface area contributed by atoms with E-state index in [1.54, 1.807) is 12.4 Å². The number of hydrogen-bond donors (Lipinski definition) is 5. The number of benzene rings is 2. The summed E-state index contributed by atoms with van der Waals surface area (Å²) in [5.74, 6) is 1.13. The minimum Gasteiger partial charge on any atom is -0.350 e. The normalized spacial score (nSPS) is 10.3. The lowest BCUT2D eigenvalue weighted by Gasteiger charge is -2.14. The summed E-state index contributed by atoms with van der Waals surface area (Å²) in [7, 11) is 0. The van der Waals surface area contributed by atoms with Gasteiger partial charge in [0, 0.05) is 40.1 Å². The Morgan fingerprint density at radius 1 is 0.686 bits per heavy atom. The van der Waals surface area contributed by atoms with Crippen molar-refractivity contribution in [2.24, 2.45) is 0 Å². The molecule has 0 radical (unpaired) electrons. The molecule has 0 aliphatic carbocycles. The Bertz CT molecular complexity index is 1190. The van der Waals surface area contributed by atoms with Gasteiger partial charge in [0.25, 0.3) is 0 Å². The monoisotopic (exact) mass is 613 g/mol. The third kappa shape index (κ3) is 8.12. The molecule has 9 nitrogen and oxygen atoms in total. The van der Waals surface area contributed by atoms with Crippen LogP contribution >= 0.6 is 44.1 Å². The van der Waals surface area contributed by atoms with Gasteiger partial charge in [-0.2, -0.15) is 15.0 Å². The molecule has 0 atom stereocenters. The molecule has 35 heavy (non-hydrogen) atoms. The Balaban J connectivity index is 1.44. The van der Waals surface area contributed by atoms with Gasteiger partial charge in [-0.1, -0.05) is 56.1 Å². The molecular formula is C23H21Br2N9S. The van der Waals surface area contributed by atoms with Gasteiger partial charge in [-0.3, -0.25) is 15.8 Å². The van der Waals surface area contributed by atoms with E-state index in [4.69, 9.17) is 12.2 Å². The molecule has 5 N–H and O–H groups in total. The van der Waals surface area contributed by atoms with E-state index >= 15 is 0 Å². The van der Waals surface area contributed by atoms with Crippen molar-refractivity contribution in [3.8, 4) is 0 Å². The third-order valence-corrected chi connectivity index (χ3v) is 5.85. The largest absolute Gasteiger partial charge is 0.350 e. The highest BCUT2D eigenvalue weighted by Crippen LogP contribution is 2.15. The van der Waals surface area contributed by atoms with Gasteiger partial charge in [0.2, 0.25) is 17.8 Å². The van der Waals surface area contributed by atoms with Crippen molar-refractivity contribution in [3.05, 3.63) is 93.1 Å². The minimum atomic E-state index is 0.301. The number of rotatable bonds is 9. The van der Waals surface area contributed by atoms with Crippen LogP contribution in [0.15, 0.2) is 82.0 Å². The van der Waals surface area contributed by atoms with Crippen LogP contribution in [-0.4, -0.2) is 25.0 Å². The summed E-state index contributed by atoms with van der Waals surface area (Å²) in [5.41, 5.74) is 8.82. The number of halogens is 2. The number of pyridine rings is 1. The Morgan fingerprint density at radius 2 is 1.17 bits per heavy atom. The van der Waals surface area contributed by atoms with Crippen molar-refractivity contribution in [2.45, 2.75) is 13.1 Å². The van der Waals surface area contributed by atoms with Gasteiger partial charge < -0.3 is 16.0 Å². The van der Waals surface area contributed by atoms with Crippen molar-refractivity contribution in [1.29, 1.82) is 0 Å². The van der Waals surface area contributed by atoms with Crippen LogP contribution in [0.5, 0.6) is 0 Å². The molecule has 0 spiro atoms. The lowest BCUT2D eigenvalue weighted by atomic mass is 10.2. The SMILES string of the molecule is S=C(NNc1nc(NCc2ccc(Br)cc2)nc(NCc2ccc(Br)cc2)n1)Nc1ccncc1. The summed E-state index contributed by atoms with van der Waals surface area (Å²) in [4.78, 5) is 17.4. The van der Waals surface area contributed by atoms with Crippen molar-refractivity contribution in [1.82, 2.24) is 25.4 Å². The summed E-state index contributed by atoms with van der Waals surface area (Å²) in [6.45, 7) is 1.11. The smallest absolute Gasteiger partial charge is 0.248 e. The topological polar surface area (TPSA) is 112 Å². The van der Waals surface area contributed by atoms with Gasteiger partial charge >= 0.3 is 0 Å². The first-order valence-corrected chi connectivity index (χ1v) is 12.5. The van der Waals surface area contributed by atoms with Gasteiger partial charge in [-0.25, -0.2) is 0 Å². The fourth-order valence-corrected chi connectivity index (χ4v) is 3.56. The molecule has 178 valence electrons. The fraction of sp³-hybridized carbons (Fsp3) is 0.0870. The number of anilines is 4. The van der Waals surface area contributed by atoms with Crippen LogP contribution in [0.25, 0.3) is 0 Å². The number of hydrogen-bond acceptors (Lipinski definition) is 8. The molecule has 0 saturated carbocycles. The van der Waals surface area contributed by atoms with Gasteiger partial charge in [0.15, 0.2) is 5.11 Å². The molecule has 4 aromatic rings. The predicted octanol–water partition coefficient (Wildman–Crippen LogP) is 5.33. The maximum absolute atomic E-state index is 5.34. The zero-order chi connectivity index (χ0) is 24.5. The van der Waals surface area contributed by atoms with E-state index < -0.39 is 0 Å². The number of nitrogens with zero attached hydrogens (tertiary/aromatic N) is 4. The molecule has 0 aliphatic rings. The third-order valence-electron chi connectivity index (χ3n) is 4.59. The Kier molecular flexibility index (Phi) is 8.76. The van der Waals surface area contributed by atoms with E-state index in [0.29, 0.717) is 36.0 Å². The van der Waals surface area contributed by atoms with E-state index in [1.165, 1.54) is 0 Å². The first-order valence-electron chi connectivity index (χ1n) is 10.5. The van der Waals surface area contributed by atoms with Crippen molar-refractivity contribution in [2.75, 3.05) is 21.4 Å². The zero-order valence-electron chi connectivity index (χ0n) is 18.3. The highest BCUT2D eigenvalue weighted by molar-refractivity contribution is 9.10. The van der Waals surface area contributed by atoms with Crippen LogP contribution in [0.3, 0.4) is 0 Å². The summed E-state index contributed by atoms with van der Waals surface area (Å²) < 4.78 is 2.05. The van der Waals surface area contributed by atoms with Gasteiger partial charge in [-0.15, -0.1) is 0 Å². The second kappa shape index (κ2) is 12.4. The standard InChI is InChI=1S/C23H21Br2N9S/c24-17-5-1-15(2-6-17)13-27-20-30-21(28-14-16-3-7-18(25)8-4-16)32-22(31-20)33-34-23(35)29-19-9-11-26-12-10-19/h1-12H,13-14H2,(H2,26,29,34,35)(H3,27,28,30,31,32,33). The molecular weight excluding hydrogens is 594 g/mol. The second-order valence-electron chi connectivity index (χ2n) is 7.21. The summed E-state index contributed by atoms with van der Waals surface area (Å²) >= 11 is 12.2. The molecule has 0 bridgehead atoms. The number of thiocarbonyl (C=S) groups is 1. The summed E-state index contributed by atoms with van der Waals surface area (Å²) in [5, 5.41) is 9.90. The molecule has 2 aromatic carbocycles. The van der Waals surface area contributed by atoms with Crippen molar-refractivity contribution >= 4 is 72.7 Å². The highest BCUT2D eigenvalue weighted by Gasteiger charge is 2.08. The molecule has 2 heterocycles.